The second-order valence-electron chi connectivity index (χ2n) is 13.8. The minimum atomic E-state index is -3.77. The van der Waals surface area contributed by atoms with Crippen molar-refractivity contribution in [1.29, 1.82) is 0 Å². The maximum atomic E-state index is 10.8. The van der Waals surface area contributed by atoms with E-state index in [4.69, 9.17) is 9.79 Å². The average Bonchev–Trinajstić information content (AvgIpc) is 2.98. The van der Waals surface area contributed by atoms with Crippen molar-refractivity contribution < 1.29 is 14.4 Å². The minimum Gasteiger partial charge on any atom is -0.324 e. The third kappa shape index (κ3) is 42.6. The van der Waals surface area contributed by atoms with Crippen LogP contribution < -0.4 is 0 Å². The first-order chi connectivity index (χ1) is 21.1. The Hall–Kier alpha value is 0.630. The number of halogens is 1. The van der Waals surface area contributed by atoms with Gasteiger partial charge in [0.05, 0.1) is 0 Å². The third-order valence-corrected chi connectivity index (χ3v) is 10.8. The Morgan fingerprint density at radius 2 is 0.419 bits per heavy atom. The summed E-state index contributed by atoms with van der Waals surface area (Å²) in [6, 6.07) is 0. The van der Waals surface area contributed by atoms with Crippen LogP contribution in [0.3, 0.4) is 0 Å². The van der Waals surface area contributed by atoms with Gasteiger partial charge in [0.2, 0.25) is 0 Å². The van der Waals surface area contributed by atoms with Crippen molar-refractivity contribution in [3.8, 4) is 0 Å². The highest BCUT2D eigenvalue weighted by Crippen LogP contribution is 2.35. The Morgan fingerprint density at radius 1 is 0.279 bits per heavy atom. The second kappa shape index (κ2) is 37.1. The Kier molecular flexibility index (Phi) is 37.6. The van der Waals surface area contributed by atoms with Crippen LogP contribution in [-0.2, 0) is 4.57 Å². The summed E-state index contributed by atoms with van der Waals surface area (Å²) in [5.41, 5.74) is 0. The highest BCUT2D eigenvalue weighted by Gasteiger charge is 2.10. The van der Waals surface area contributed by atoms with Crippen LogP contribution in [0.5, 0.6) is 0 Å². The van der Waals surface area contributed by atoms with Crippen LogP contribution in [-0.4, -0.2) is 21.3 Å². The van der Waals surface area contributed by atoms with Crippen molar-refractivity contribution in [2.24, 2.45) is 0 Å². The normalized spacial score (nSPS) is 12.0. The molecule has 0 atom stereocenters. The molecule has 0 aliphatic heterocycles. The molecule has 0 bridgehead atoms. The molecule has 0 saturated carbocycles. The molecule has 0 unspecified atom stereocenters. The molecule has 0 aliphatic rings. The van der Waals surface area contributed by atoms with Crippen molar-refractivity contribution >= 4 is 23.5 Å². The topological polar surface area (TPSA) is 57.5 Å². The summed E-state index contributed by atoms with van der Waals surface area (Å²) < 4.78 is 10.8. The largest absolute Gasteiger partial charge is 0.325 e. The molecule has 0 aromatic carbocycles. The van der Waals surface area contributed by atoms with E-state index >= 15 is 0 Å². The molecule has 0 aromatic heterocycles. The van der Waals surface area contributed by atoms with Crippen LogP contribution in [0.4, 0.5) is 0 Å². The number of rotatable bonds is 38. The van der Waals surface area contributed by atoms with E-state index in [0.717, 1.165) is 12.8 Å². The van der Waals surface area contributed by atoms with E-state index < -0.39 is 7.60 Å². The number of hydrogen-bond acceptors (Lipinski definition) is 1. The molecule has 0 heterocycles. The van der Waals surface area contributed by atoms with E-state index in [1.54, 1.807) is 0 Å². The zero-order valence-electron chi connectivity index (χ0n) is 29.0. The van der Waals surface area contributed by atoms with Gasteiger partial charge in [-0.25, -0.2) is 0 Å². The molecule has 43 heavy (non-hydrogen) atoms. The molecule has 0 spiro atoms. The SMILES string of the molecule is O=P(O)(O)CCCCCCCCCCCCCCCCCCCCCCCCCCCCCCCCCCCCCCBr. The standard InChI is InChI=1S/C38H78BrO3P/c39-37-35-33-31-29-27-25-23-21-19-17-15-13-11-9-7-5-3-1-2-4-6-8-10-12-14-16-18-20-22-24-26-28-30-32-34-36-38-43(40,41)42/h1-38H2,(H2,40,41,42). The number of alkyl halides is 1. The molecule has 0 rings (SSSR count). The van der Waals surface area contributed by atoms with Gasteiger partial charge in [0.25, 0.3) is 0 Å². The van der Waals surface area contributed by atoms with Crippen LogP contribution in [0.2, 0.25) is 0 Å². The van der Waals surface area contributed by atoms with Gasteiger partial charge in [-0.2, -0.15) is 0 Å². The molecule has 0 saturated heterocycles. The molecule has 0 fully saturated rings. The Balaban J connectivity index is 3.05. The van der Waals surface area contributed by atoms with Gasteiger partial charge < -0.3 is 9.79 Å². The lowest BCUT2D eigenvalue weighted by Crippen LogP contribution is -1.88. The highest BCUT2D eigenvalue weighted by atomic mass is 79.9. The predicted octanol–water partition coefficient (Wildman–Crippen LogP) is 14.6. The van der Waals surface area contributed by atoms with Gasteiger partial charge in [-0.05, 0) is 12.8 Å². The summed E-state index contributed by atoms with van der Waals surface area (Å²) in [6.45, 7) is 0. The smallest absolute Gasteiger partial charge is 0.324 e. The quantitative estimate of drug-likeness (QED) is 0.0384. The van der Waals surface area contributed by atoms with E-state index in [2.05, 4.69) is 15.9 Å². The molecular formula is C38H78BrO3P. The lowest BCUT2D eigenvalue weighted by atomic mass is 10.0. The van der Waals surface area contributed by atoms with E-state index in [9.17, 15) is 4.57 Å². The lowest BCUT2D eigenvalue weighted by Gasteiger charge is -2.05. The summed E-state index contributed by atoms with van der Waals surface area (Å²) in [5.74, 6) is 0. The fourth-order valence-corrected chi connectivity index (χ4v) is 7.45. The van der Waals surface area contributed by atoms with Gasteiger partial charge in [0.1, 0.15) is 0 Å². The van der Waals surface area contributed by atoms with E-state index in [1.807, 2.05) is 0 Å². The van der Waals surface area contributed by atoms with Crippen LogP contribution >= 0.6 is 23.5 Å². The number of unbranched alkanes of at least 4 members (excludes halogenated alkanes) is 35. The number of hydrogen-bond donors (Lipinski definition) is 2. The maximum Gasteiger partial charge on any atom is 0.325 e. The van der Waals surface area contributed by atoms with Gasteiger partial charge in [-0.1, -0.05) is 234 Å². The zero-order valence-corrected chi connectivity index (χ0v) is 31.5. The molecule has 0 aromatic rings. The second-order valence-corrected chi connectivity index (χ2v) is 16.4. The maximum absolute atomic E-state index is 10.8. The summed E-state index contributed by atoms with van der Waals surface area (Å²) in [5, 5.41) is 1.18. The molecule has 3 nitrogen and oxygen atoms in total. The fraction of sp³-hybridized carbons (Fsp3) is 1.00. The predicted molar refractivity (Wildman–Crippen MR) is 197 cm³/mol. The van der Waals surface area contributed by atoms with Crippen molar-refractivity contribution in [2.45, 2.75) is 231 Å². The summed E-state index contributed by atoms with van der Waals surface area (Å²) in [4.78, 5) is 17.7. The van der Waals surface area contributed by atoms with Crippen molar-refractivity contribution in [1.82, 2.24) is 0 Å². The van der Waals surface area contributed by atoms with Crippen molar-refractivity contribution in [3.63, 3.8) is 0 Å². The van der Waals surface area contributed by atoms with Gasteiger partial charge in [0.15, 0.2) is 0 Å². The molecular weight excluding hydrogens is 615 g/mol. The van der Waals surface area contributed by atoms with Gasteiger partial charge >= 0.3 is 7.60 Å². The summed E-state index contributed by atoms with van der Waals surface area (Å²) in [7, 11) is -3.77. The van der Waals surface area contributed by atoms with Crippen LogP contribution in [0, 0.1) is 0 Å². The van der Waals surface area contributed by atoms with Gasteiger partial charge in [0, 0.05) is 11.5 Å². The van der Waals surface area contributed by atoms with Crippen molar-refractivity contribution in [3.05, 3.63) is 0 Å². The van der Waals surface area contributed by atoms with Gasteiger partial charge in [-0.15, -0.1) is 0 Å². The molecule has 2 N–H and O–H groups in total. The van der Waals surface area contributed by atoms with Crippen LogP contribution in [0.15, 0.2) is 0 Å². The van der Waals surface area contributed by atoms with E-state index in [1.165, 1.54) is 217 Å². The Morgan fingerprint density at radius 3 is 0.558 bits per heavy atom. The van der Waals surface area contributed by atoms with Crippen LogP contribution in [0.25, 0.3) is 0 Å². The first kappa shape index (κ1) is 43.6. The molecule has 0 radical (unpaired) electrons. The molecule has 260 valence electrons. The van der Waals surface area contributed by atoms with Crippen LogP contribution in [0.1, 0.15) is 231 Å². The lowest BCUT2D eigenvalue weighted by molar-refractivity contribution is 0.370. The monoisotopic (exact) mass is 692 g/mol. The average molecular weight is 694 g/mol. The first-order valence-electron chi connectivity index (χ1n) is 19.7. The summed E-state index contributed by atoms with van der Waals surface area (Å²) in [6.07, 6.45) is 50.1. The van der Waals surface area contributed by atoms with Gasteiger partial charge in [-0.3, -0.25) is 4.57 Å². The molecule has 0 amide bonds. The minimum absolute atomic E-state index is 0.0617. The third-order valence-electron chi connectivity index (χ3n) is 9.33. The van der Waals surface area contributed by atoms with Crippen molar-refractivity contribution in [2.75, 3.05) is 11.5 Å². The Labute approximate surface area is 279 Å². The Bertz CT molecular complexity index is 553. The first-order valence-corrected chi connectivity index (χ1v) is 22.6. The summed E-state index contributed by atoms with van der Waals surface area (Å²) >= 11 is 3.52. The molecule has 5 heteroatoms. The highest BCUT2D eigenvalue weighted by molar-refractivity contribution is 9.09. The fourth-order valence-electron chi connectivity index (χ4n) is 6.42. The molecule has 0 aliphatic carbocycles. The zero-order chi connectivity index (χ0) is 31.4. The van der Waals surface area contributed by atoms with E-state index in [-0.39, 0.29) is 6.16 Å². The van der Waals surface area contributed by atoms with E-state index in [0.29, 0.717) is 6.42 Å².